The topological polar surface area (TPSA) is 52.6 Å². The summed E-state index contributed by atoms with van der Waals surface area (Å²) in [4.78, 5) is 29.8. The van der Waals surface area contributed by atoms with Gasteiger partial charge in [0.2, 0.25) is 11.9 Å². The van der Waals surface area contributed by atoms with Crippen LogP contribution in [0.3, 0.4) is 0 Å². The maximum atomic E-state index is 13.8. The van der Waals surface area contributed by atoms with Gasteiger partial charge in [-0.3, -0.25) is 4.79 Å². The SMILES string of the molecule is O=C(N1CCN(c2ccnc(N3CCCCC3)n2)CC1)C1(c2ccc(Cl)cc2)CCCC1. The Hall–Kier alpha value is -2.34. The average Bonchev–Trinajstić information content (AvgIpc) is 3.36. The van der Waals surface area contributed by atoms with Crippen LogP contribution < -0.4 is 9.80 Å². The summed E-state index contributed by atoms with van der Waals surface area (Å²) in [6.07, 6.45) is 9.66. The van der Waals surface area contributed by atoms with Crippen molar-refractivity contribution in [3.05, 3.63) is 47.1 Å². The van der Waals surface area contributed by atoms with E-state index < -0.39 is 0 Å². The van der Waals surface area contributed by atoms with Gasteiger partial charge in [0, 0.05) is 50.5 Å². The zero-order valence-corrected chi connectivity index (χ0v) is 19.4. The number of anilines is 2. The summed E-state index contributed by atoms with van der Waals surface area (Å²) in [6.45, 7) is 5.16. The Morgan fingerprint density at radius 3 is 2.19 bits per heavy atom. The molecular formula is C25H32ClN5O. The number of benzene rings is 1. The Morgan fingerprint density at radius 1 is 0.812 bits per heavy atom. The van der Waals surface area contributed by atoms with E-state index >= 15 is 0 Å². The van der Waals surface area contributed by atoms with Crippen LogP contribution in [-0.4, -0.2) is 60.0 Å². The first kappa shape index (κ1) is 21.5. The first-order chi connectivity index (χ1) is 15.7. The van der Waals surface area contributed by atoms with E-state index in [4.69, 9.17) is 16.6 Å². The molecule has 0 atom stereocenters. The molecule has 2 saturated heterocycles. The number of amides is 1. The van der Waals surface area contributed by atoms with Gasteiger partial charge in [0.15, 0.2) is 0 Å². The lowest BCUT2D eigenvalue weighted by Crippen LogP contribution is -2.54. The van der Waals surface area contributed by atoms with Crippen molar-refractivity contribution in [2.45, 2.75) is 50.4 Å². The number of aromatic nitrogens is 2. The van der Waals surface area contributed by atoms with Crippen LogP contribution in [0.4, 0.5) is 11.8 Å². The third-order valence-corrected chi connectivity index (χ3v) is 7.67. The largest absolute Gasteiger partial charge is 0.353 e. The second-order valence-corrected chi connectivity index (χ2v) is 9.77. The smallest absolute Gasteiger partial charge is 0.233 e. The molecule has 1 aromatic heterocycles. The predicted molar refractivity (Wildman–Crippen MR) is 128 cm³/mol. The molecule has 2 aromatic rings. The monoisotopic (exact) mass is 453 g/mol. The summed E-state index contributed by atoms with van der Waals surface area (Å²) in [7, 11) is 0. The fraction of sp³-hybridized carbons (Fsp3) is 0.560. The van der Waals surface area contributed by atoms with Crippen molar-refractivity contribution in [3.63, 3.8) is 0 Å². The van der Waals surface area contributed by atoms with Gasteiger partial charge in [0.25, 0.3) is 0 Å². The number of carbonyl (C=O) groups is 1. The molecule has 0 spiro atoms. The Bertz CT molecular complexity index is 930. The summed E-state index contributed by atoms with van der Waals surface area (Å²) < 4.78 is 0. The fourth-order valence-corrected chi connectivity index (χ4v) is 5.70. The number of nitrogens with zero attached hydrogens (tertiary/aromatic N) is 5. The molecule has 0 N–H and O–H groups in total. The van der Waals surface area contributed by atoms with Gasteiger partial charge in [-0.15, -0.1) is 0 Å². The van der Waals surface area contributed by atoms with E-state index in [1.54, 1.807) is 0 Å². The molecule has 1 aromatic carbocycles. The summed E-state index contributed by atoms with van der Waals surface area (Å²) in [6, 6.07) is 9.92. The standard InChI is InChI=1S/C25H32ClN5O/c26-21-8-6-20(7-9-21)25(11-2-3-12-25)23(32)30-18-16-29(17-19-30)22-10-13-27-24(28-22)31-14-4-1-5-15-31/h6-10,13H,1-5,11-12,14-19H2. The fourth-order valence-electron chi connectivity index (χ4n) is 5.58. The summed E-state index contributed by atoms with van der Waals surface area (Å²) in [5.41, 5.74) is 0.733. The van der Waals surface area contributed by atoms with Crippen LogP contribution in [0, 0.1) is 0 Å². The highest BCUT2D eigenvalue weighted by atomic mass is 35.5. The van der Waals surface area contributed by atoms with Crippen molar-refractivity contribution in [3.8, 4) is 0 Å². The van der Waals surface area contributed by atoms with Crippen LogP contribution in [0.25, 0.3) is 0 Å². The van der Waals surface area contributed by atoms with Crippen molar-refractivity contribution in [1.82, 2.24) is 14.9 Å². The van der Waals surface area contributed by atoms with Gasteiger partial charge in [-0.25, -0.2) is 4.98 Å². The molecule has 1 saturated carbocycles. The summed E-state index contributed by atoms with van der Waals surface area (Å²) >= 11 is 6.11. The van der Waals surface area contributed by atoms with Crippen LogP contribution in [0.1, 0.15) is 50.5 Å². The number of hydrogen-bond donors (Lipinski definition) is 0. The quantitative estimate of drug-likeness (QED) is 0.691. The van der Waals surface area contributed by atoms with Crippen LogP contribution in [0.2, 0.25) is 5.02 Å². The van der Waals surface area contributed by atoms with E-state index in [2.05, 4.69) is 19.7 Å². The van der Waals surface area contributed by atoms with Gasteiger partial charge < -0.3 is 14.7 Å². The lowest BCUT2D eigenvalue weighted by atomic mass is 9.77. The Morgan fingerprint density at radius 2 is 1.50 bits per heavy atom. The second kappa shape index (κ2) is 9.26. The predicted octanol–water partition coefficient (Wildman–Crippen LogP) is 4.28. The van der Waals surface area contributed by atoms with Crippen molar-refractivity contribution >= 4 is 29.3 Å². The van der Waals surface area contributed by atoms with Crippen molar-refractivity contribution < 1.29 is 4.79 Å². The zero-order chi connectivity index (χ0) is 22.0. The third-order valence-electron chi connectivity index (χ3n) is 7.42. The van der Waals surface area contributed by atoms with E-state index in [1.807, 2.05) is 36.5 Å². The second-order valence-electron chi connectivity index (χ2n) is 9.34. The minimum Gasteiger partial charge on any atom is -0.353 e. The van der Waals surface area contributed by atoms with Gasteiger partial charge in [-0.05, 0) is 55.9 Å². The summed E-state index contributed by atoms with van der Waals surface area (Å²) in [5.74, 6) is 2.10. The molecule has 32 heavy (non-hydrogen) atoms. The molecule has 0 radical (unpaired) electrons. The molecule has 0 unspecified atom stereocenters. The van der Waals surface area contributed by atoms with Gasteiger partial charge in [-0.2, -0.15) is 4.98 Å². The van der Waals surface area contributed by atoms with E-state index in [1.165, 1.54) is 19.3 Å². The molecule has 6 nitrogen and oxygen atoms in total. The molecule has 1 aliphatic carbocycles. The van der Waals surface area contributed by atoms with E-state index in [0.717, 1.165) is 87.3 Å². The minimum atomic E-state index is -0.386. The van der Waals surface area contributed by atoms with Crippen LogP contribution in [0.15, 0.2) is 36.5 Å². The maximum Gasteiger partial charge on any atom is 0.233 e. The van der Waals surface area contributed by atoms with Crippen molar-refractivity contribution in [2.24, 2.45) is 0 Å². The average molecular weight is 454 g/mol. The third kappa shape index (κ3) is 4.17. The first-order valence-electron chi connectivity index (χ1n) is 12.0. The maximum absolute atomic E-state index is 13.8. The summed E-state index contributed by atoms with van der Waals surface area (Å²) in [5, 5.41) is 0.719. The van der Waals surface area contributed by atoms with Gasteiger partial charge >= 0.3 is 0 Å². The van der Waals surface area contributed by atoms with E-state index in [9.17, 15) is 4.79 Å². The number of piperidine rings is 1. The highest BCUT2D eigenvalue weighted by molar-refractivity contribution is 6.30. The van der Waals surface area contributed by atoms with Crippen LogP contribution in [0.5, 0.6) is 0 Å². The number of hydrogen-bond acceptors (Lipinski definition) is 5. The normalized spacial score (nSPS) is 21.1. The molecule has 170 valence electrons. The zero-order valence-electron chi connectivity index (χ0n) is 18.7. The number of halogens is 1. The van der Waals surface area contributed by atoms with Gasteiger partial charge in [0.1, 0.15) is 5.82 Å². The molecule has 0 bridgehead atoms. The van der Waals surface area contributed by atoms with Gasteiger partial charge in [0.05, 0.1) is 5.41 Å². The van der Waals surface area contributed by atoms with E-state index in [-0.39, 0.29) is 11.3 Å². The lowest BCUT2D eigenvalue weighted by Gasteiger charge is -2.40. The highest BCUT2D eigenvalue weighted by Crippen LogP contribution is 2.43. The van der Waals surface area contributed by atoms with Gasteiger partial charge in [-0.1, -0.05) is 36.6 Å². The first-order valence-corrected chi connectivity index (χ1v) is 12.4. The molecule has 3 aliphatic rings. The molecule has 3 fully saturated rings. The van der Waals surface area contributed by atoms with Crippen LogP contribution >= 0.6 is 11.6 Å². The van der Waals surface area contributed by atoms with E-state index in [0.29, 0.717) is 0 Å². The molecule has 2 aliphatic heterocycles. The molecule has 5 rings (SSSR count). The number of piperazine rings is 1. The molecular weight excluding hydrogens is 422 g/mol. The number of rotatable bonds is 4. The van der Waals surface area contributed by atoms with Crippen molar-refractivity contribution in [1.29, 1.82) is 0 Å². The Kier molecular flexibility index (Phi) is 6.22. The minimum absolute atomic E-state index is 0.286. The number of carbonyl (C=O) groups excluding carboxylic acids is 1. The molecule has 1 amide bonds. The highest BCUT2D eigenvalue weighted by Gasteiger charge is 2.45. The van der Waals surface area contributed by atoms with Crippen LogP contribution in [-0.2, 0) is 10.2 Å². The Labute approximate surface area is 195 Å². The molecule has 3 heterocycles. The Balaban J connectivity index is 1.27. The lowest BCUT2D eigenvalue weighted by molar-refractivity contribution is -0.137. The molecule has 7 heteroatoms. The van der Waals surface area contributed by atoms with Crippen molar-refractivity contribution in [2.75, 3.05) is 49.1 Å².